The number of H-pyrrole nitrogens is 1. The van der Waals surface area contributed by atoms with Crippen molar-refractivity contribution in [3.05, 3.63) is 20.2 Å². The quantitative estimate of drug-likeness (QED) is 0.655. The van der Waals surface area contributed by atoms with Crippen LogP contribution in [0, 0.1) is 6.92 Å². The maximum absolute atomic E-state index is 10.7. The normalized spacial score (nSPS) is 13.5. The molecule has 0 amide bonds. The maximum atomic E-state index is 10.7. The van der Waals surface area contributed by atoms with E-state index < -0.39 is 0 Å². The van der Waals surface area contributed by atoms with Gasteiger partial charge in [0.1, 0.15) is 0 Å². The van der Waals surface area contributed by atoms with Gasteiger partial charge in [-0.2, -0.15) is 0 Å². The van der Waals surface area contributed by atoms with Crippen molar-refractivity contribution in [2.24, 2.45) is 0 Å². The van der Waals surface area contributed by atoms with Gasteiger partial charge in [0.15, 0.2) is 0 Å². The lowest BCUT2D eigenvalue weighted by Gasteiger charge is -1.96. The lowest BCUT2D eigenvalue weighted by atomic mass is 10.3. The summed E-state index contributed by atoms with van der Waals surface area (Å²) in [6.07, 6.45) is 0. The standard InChI is InChI=1S/C6H8ClNOS/c1-3(7)5-4(2)8-6(9)10-5/h3H,1-2H3,(H,8,9). The Hall–Kier alpha value is -0.280. The zero-order chi connectivity index (χ0) is 7.72. The van der Waals surface area contributed by atoms with E-state index in [9.17, 15) is 4.79 Å². The maximum Gasteiger partial charge on any atom is 0.304 e. The number of hydrogen-bond acceptors (Lipinski definition) is 2. The van der Waals surface area contributed by atoms with Crippen LogP contribution in [0.5, 0.6) is 0 Å². The summed E-state index contributed by atoms with van der Waals surface area (Å²) >= 11 is 6.95. The van der Waals surface area contributed by atoms with Crippen LogP contribution in [0.15, 0.2) is 4.79 Å². The van der Waals surface area contributed by atoms with Gasteiger partial charge in [0.25, 0.3) is 0 Å². The third kappa shape index (κ3) is 1.41. The average molecular weight is 178 g/mol. The average Bonchev–Trinajstić information content (AvgIpc) is 2.10. The Bertz CT molecular complexity index is 276. The second-order valence-corrected chi connectivity index (χ2v) is 3.79. The number of nitrogens with one attached hydrogen (secondary N) is 1. The molecule has 0 radical (unpaired) electrons. The molecule has 1 atom stereocenters. The molecule has 0 fully saturated rings. The molecule has 1 rings (SSSR count). The van der Waals surface area contributed by atoms with Gasteiger partial charge in [-0.1, -0.05) is 11.3 Å². The van der Waals surface area contributed by atoms with Gasteiger partial charge in [-0.3, -0.25) is 4.79 Å². The van der Waals surface area contributed by atoms with Crippen molar-refractivity contribution in [1.29, 1.82) is 0 Å². The van der Waals surface area contributed by atoms with E-state index in [2.05, 4.69) is 4.98 Å². The molecule has 10 heavy (non-hydrogen) atoms. The molecule has 1 aromatic rings. The van der Waals surface area contributed by atoms with E-state index >= 15 is 0 Å². The second kappa shape index (κ2) is 2.76. The minimum absolute atomic E-state index is 0.0278. The van der Waals surface area contributed by atoms with E-state index in [1.54, 1.807) is 0 Å². The van der Waals surface area contributed by atoms with Gasteiger partial charge >= 0.3 is 4.87 Å². The molecule has 0 aliphatic carbocycles. The second-order valence-electron chi connectivity index (χ2n) is 2.12. The largest absolute Gasteiger partial charge is 0.317 e. The van der Waals surface area contributed by atoms with Crippen molar-refractivity contribution in [1.82, 2.24) is 4.98 Å². The highest BCUT2D eigenvalue weighted by atomic mass is 35.5. The molecule has 1 aromatic heterocycles. The van der Waals surface area contributed by atoms with Crippen LogP contribution < -0.4 is 4.87 Å². The van der Waals surface area contributed by atoms with E-state index in [-0.39, 0.29) is 10.3 Å². The number of alkyl halides is 1. The van der Waals surface area contributed by atoms with Crippen LogP contribution in [0.4, 0.5) is 0 Å². The molecule has 56 valence electrons. The first kappa shape index (κ1) is 7.82. The Morgan fingerprint density at radius 2 is 2.30 bits per heavy atom. The Morgan fingerprint density at radius 3 is 2.50 bits per heavy atom. The number of aryl methyl sites for hydroxylation is 1. The van der Waals surface area contributed by atoms with Crippen LogP contribution >= 0.6 is 22.9 Å². The fourth-order valence-electron chi connectivity index (χ4n) is 0.796. The zero-order valence-electron chi connectivity index (χ0n) is 5.77. The number of aromatic nitrogens is 1. The van der Waals surface area contributed by atoms with E-state index in [1.165, 1.54) is 11.3 Å². The zero-order valence-corrected chi connectivity index (χ0v) is 7.34. The molecule has 0 bridgehead atoms. The molecule has 0 saturated heterocycles. The third-order valence-electron chi connectivity index (χ3n) is 1.22. The number of halogens is 1. The smallest absolute Gasteiger partial charge is 0.304 e. The van der Waals surface area contributed by atoms with Crippen molar-refractivity contribution in [3.8, 4) is 0 Å². The molecule has 0 saturated carbocycles. The Morgan fingerprint density at radius 1 is 1.70 bits per heavy atom. The van der Waals surface area contributed by atoms with E-state index in [4.69, 9.17) is 11.6 Å². The van der Waals surface area contributed by atoms with Gasteiger partial charge < -0.3 is 4.98 Å². The fraction of sp³-hybridized carbons (Fsp3) is 0.500. The summed E-state index contributed by atoms with van der Waals surface area (Å²) in [5.74, 6) is 0. The van der Waals surface area contributed by atoms with Crippen molar-refractivity contribution in [2.75, 3.05) is 0 Å². The summed E-state index contributed by atoms with van der Waals surface area (Å²) in [4.78, 5) is 14.3. The Balaban J connectivity index is 3.15. The van der Waals surface area contributed by atoms with Gasteiger partial charge in [-0.25, -0.2) is 0 Å². The van der Waals surface area contributed by atoms with Crippen LogP contribution in [0.1, 0.15) is 22.9 Å². The van der Waals surface area contributed by atoms with E-state index in [0.29, 0.717) is 0 Å². The van der Waals surface area contributed by atoms with E-state index in [1.807, 2.05) is 13.8 Å². The predicted octanol–water partition coefficient (Wildman–Crippen LogP) is 2.04. The van der Waals surface area contributed by atoms with Gasteiger partial charge in [0.2, 0.25) is 0 Å². The molecule has 1 unspecified atom stereocenters. The summed E-state index contributed by atoms with van der Waals surface area (Å²) in [7, 11) is 0. The van der Waals surface area contributed by atoms with Crippen LogP contribution in [0.3, 0.4) is 0 Å². The molecular weight excluding hydrogens is 170 g/mol. The molecular formula is C6H8ClNOS. The number of rotatable bonds is 1. The van der Waals surface area contributed by atoms with E-state index in [0.717, 1.165) is 10.6 Å². The predicted molar refractivity (Wildman–Crippen MR) is 43.9 cm³/mol. The van der Waals surface area contributed by atoms with Crippen molar-refractivity contribution in [2.45, 2.75) is 19.2 Å². The monoisotopic (exact) mass is 177 g/mol. The summed E-state index contributed by atoms with van der Waals surface area (Å²) in [5.41, 5.74) is 0.887. The molecule has 1 heterocycles. The summed E-state index contributed by atoms with van der Waals surface area (Å²) in [6, 6.07) is 0. The van der Waals surface area contributed by atoms with Crippen LogP contribution in [-0.2, 0) is 0 Å². The number of hydrogen-bond donors (Lipinski definition) is 1. The highest BCUT2D eigenvalue weighted by Crippen LogP contribution is 2.23. The lowest BCUT2D eigenvalue weighted by molar-refractivity contribution is 1.07. The lowest BCUT2D eigenvalue weighted by Crippen LogP contribution is -1.91. The fourth-order valence-corrected chi connectivity index (χ4v) is 1.86. The highest BCUT2D eigenvalue weighted by Gasteiger charge is 2.08. The molecule has 2 nitrogen and oxygen atoms in total. The van der Waals surface area contributed by atoms with Gasteiger partial charge in [0, 0.05) is 10.6 Å². The van der Waals surface area contributed by atoms with Crippen LogP contribution in [0.2, 0.25) is 0 Å². The SMILES string of the molecule is Cc1[nH]c(=O)sc1C(C)Cl. The first-order valence-electron chi connectivity index (χ1n) is 2.95. The first-order valence-corrected chi connectivity index (χ1v) is 4.20. The van der Waals surface area contributed by atoms with Gasteiger partial charge in [-0.15, -0.1) is 11.6 Å². The third-order valence-corrected chi connectivity index (χ3v) is 2.74. The van der Waals surface area contributed by atoms with Gasteiger partial charge in [0.05, 0.1) is 5.38 Å². The van der Waals surface area contributed by atoms with Crippen molar-refractivity contribution >= 4 is 22.9 Å². The van der Waals surface area contributed by atoms with Gasteiger partial charge in [-0.05, 0) is 13.8 Å². The first-order chi connectivity index (χ1) is 4.61. The molecule has 0 aliphatic rings. The highest BCUT2D eigenvalue weighted by molar-refractivity contribution is 7.09. The minimum atomic E-state index is -0.0658. The molecule has 4 heteroatoms. The number of aromatic amines is 1. The summed E-state index contributed by atoms with van der Waals surface area (Å²) < 4.78 is 0. The van der Waals surface area contributed by atoms with Crippen molar-refractivity contribution in [3.63, 3.8) is 0 Å². The summed E-state index contributed by atoms with van der Waals surface area (Å²) in [5, 5.41) is -0.0658. The molecule has 0 aromatic carbocycles. The molecule has 0 spiro atoms. The minimum Gasteiger partial charge on any atom is -0.317 e. The Kier molecular flexibility index (Phi) is 2.16. The van der Waals surface area contributed by atoms with Crippen molar-refractivity contribution < 1.29 is 0 Å². The van der Waals surface area contributed by atoms with Crippen LogP contribution in [-0.4, -0.2) is 4.98 Å². The molecule has 0 aliphatic heterocycles. The molecule has 1 N–H and O–H groups in total. The number of thiazole rings is 1. The Labute approximate surface area is 67.9 Å². The topological polar surface area (TPSA) is 32.9 Å². The summed E-state index contributed by atoms with van der Waals surface area (Å²) in [6.45, 7) is 3.71. The van der Waals surface area contributed by atoms with Crippen LogP contribution in [0.25, 0.3) is 0 Å².